The molecule has 0 aliphatic carbocycles. The third kappa shape index (κ3) is 3.52. The number of allylic oxidation sites excluding steroid dienone is 2. The number of aliphatic imine (C=N–C) groups is 1. The number of fused-ring (bicyclic) bond motifs is 2. The van der Waals surface area contributed by atoms with Crippen molar-refractivity contribution < 1.29 is 4.74 Å². The average Bonchev–Trinajstić information content (AvgIpc) is 3.33. The van der Waals surface area contributed by atoms with E-state index in [0.717, 1.165) is 41.6 Å². The van der Waals surface area contributed by atoms with Gasteiger partial charge < -0.3 is 14.6 Å². The Hall–Kier alpha value is -2.41. The van der Waals surface area contributed by atoms with Crippen molar-refractivity contribution in [1.29, 1.82) is 0 Å². The zero-order chi connectivity index (χ0) is 20.0. The van der Waals surface area contributed by atoms with Gasteiger partial charge in [0.1, 0.15) is 12.3 Å². The van der Waals surface area contributed by atoms with Crippen LogP contribution in [0.4, 0.5) is 0 Å². The van der Waals surface area contributed by atoms with Crippen LogP contribution < -0.4 is 10.9 Å². The summed E-state index contributed by atoms with van der Waals surface area (Å²) >= 11 is 6.26. The Morgan fingerprint density at radius 2 is 2.28 bits per heavy atom. The number of aromatic amines is 1. The van der Waals surface area contributed by atoms with Gasteiger partial charge in [-0.05, 0) is 55.5 Å². The molecule has 5 rings (SSSR count). The Kier molecular flexibility index (Phi) is 4.78. The van der Waals surface area contributed by atoms with Gasteiger partial charge in [0.05, 0.1) is 22.4 Å². The molecule has 3 aliphatic heterocycles. The van der Waals surface area contributed by atoms with E-state index >= 15 is 0 Å². The summed E-state index contributed by atoms with van der Waals surface area (Å²) in [6.07, 6.45) is 7.58. The Labute approximate surface area is 173 Å². The van der Waals surface area contributed by atoms with Crippen LogP contribution in [0.15, 0.2) is 57.4 Å². The van der Waals surface area contributed by atoms with E-state index in [1.54, 1.807) is 0 Å². The highest BCUT2D eigenvalue weighted by atomic mass is 35.5. The largest absolute Gasteiger partial charge is 0.377 e. The predicted molar refractivity (Wildman–Crippen MR) is 115 cm³/mol. The van der Waals surface area contributed by atoms with Crippen LogP contribution in [0.25, 0.3) is 10.9 Å². The van der Waals surface area contributed by atoms with Gasteiger partial charge in [0, 0.05) is 24.9 Å². The summed E-state index contributed by atoms with van der Waals surface area (Å²) in [5.41, 5.74) is 3.15. The molecule has 3 atom stereocenters. The zero-order valence-electron chi connectivity index (χ0n) is 16.2. The first-order valence-corrected chi connectivity index (χ1v) is 10.4. The molecule has 150 valence electrons. The molecule has 4 heterocycles. The fraction of sp³-hybridized carbons (Fsp3) is 0.364. The fourth-order valence-corrected chi connectivity index (χ4v) is 4.40. The van der Waals surface area contributed by atoms with Crippen LogP contribution in [-0.4, -0.2) is 47.2 Å². The van der Waals surface area contributed by atoms with Crippen molar-refractivity contribution >= 4 is 28.2 Å². The van der Waals surface area contributed by atoms with Crippen LogP contribution in [0.3, 0.4) is 0 Å². The van der Waals surface area contributed by atoms with Gasteiger partial charge in [-0.1, -0.05) is 23.2 Å². The lowest BCUT2D eigenvalue weighted by atomic mass is 10.0. The van der Waals surface area contributed by atoms with Crippen molar-refractivity contribution in [2.75, 3.05) is 13.2 Å². The second-order valence-corrected chi connectivity index (χ2v) is 8.23. The van der Waals surface area contributed by atoms with Crippen LogP contribution in [0.1, 0.15) is 24.0 Å². The zero-order valence-corrected chi connectivity index (χ0v) is 16.9. The van der Waals surface area contributed by atoms with Crippen LogP contribution in [0.2, 0.25) is 0 Å². The van der Waals surface area contributed by atoms with Gasteiger partial charge in [0.25, 0.3) is 5.56 Å². The van der Waals surface area contributed by atoms with Crippen molar-refractivity contribution in [3.05, 3.63) is 69.1 Å². The van der Waals surface area contributed by atoms with Crippen LogP contribution in [0.5, 0.6) is 0 Å². The lowest BCUT2D eigenvalue weighted by Crippen LogP contribution is -2.50. The first kappa shape index (κ1) is 18.6. The predicted octanol–water partition coefficient (Wildman–Crippen LogP) is 3.01. The number of pyridine rings is 1. The van der Waals surface area contributed by atoms with Gasteiger partial charge >= 0.3 is 0 Å². The monoisotopic (exact) mass is 410 g/mol. The number of nitrogens with one attached hydrogen (secondary N) is 2. The molecule has 0 saturated carbocycles. The SMILES string of the molecule is Cc1ccc2[nH]c(=O)c(C3=NC4C=CC(Cl)=CN4C3NCC3CCCO3)cc2c1. The summed E-state index contributed by atoms with van der Waals surface area (Å²) < 4.78 is 5.76. The number of halogens is 1. The van der Waals surface area contributed by atoms with Gasteiger partial charge in [0.15, 0.2) is 0 Å². The highest BCUT2D eigenvalue weighted by molar-refractivity contribution is 6.31. The molecule has 6 nitrogen and oxygen atoms in total. The average molecular weight is 411 g/mol. The van der Waals surface area contributed by atoms with E-state index < -0.39 is 0 Å². The molecule has 2 aromatic rings. The number of hydrogen-bond donors (Lipinski definition) is 2. The maximum Gasteiger partial charge on any atom is 0.257 e. The molecule has 2 N–H and O–H groups in total. The van der Waals surface area contributed by atoms with Crippen LogP contribution in [-0.2, 0) is 4.74 Å². The molecule has 0 bridgehead atoms. The lowest BCUT2D eigenvalue weighted by Gasteiger charge is -2.30. The quantitative estimate of drug-likeness (QED) is 0.812. The maximum absolute atomic E-state index is 12.9. The molecular formula is C22H23ClN4O2. The third-order valence-electron chi connectivity index (χ3n) is 5.67. The number of aryl methyl sites for hydroxylation is 1. The topological polar surface area (TPSA) is 69.7 Å². The number of benzene rings is 1. The Bertz CT molecular complexity index is 1100. The van der Waals surface area contributed by atoms with E-state index in [0.29, 0.717) is 17.1 Å². The van der Waals surface area contributed by atoms with Crippen molar-refractivity contribution in [3.63, 3.8) is 0 Å². The Balaban J connectivity index is 1.54. The minimum absolute atomic E-state index is 0.136. The summed E-state index contributed by atoms with van der Waals surface area (Å²) in [4.78, 5) is 22.8. The van der Waals surface area contributed by atoms with Crippen molar-refractivity contribution in [3.8, 4) is 0 Å². The number of hydrogen-bond acceptors (Lipinski definition) is 5. The molecule has 3 unspecified atom stereocenters. The highest BCUT2D eigenvalue weighted by Crippen LogP contribution is 2.27. The summed E-state index contributed by atoms with van der Waals surface area (Å²) in [6.45, 7) is 3.55. The highest BCUT2D eigenvalue weighted by Gasteiger charge is 2.37. The summed E-state index contributed by atoms with van der Waals surface area (Å²) in [5.74, 6) is 0. The molecule has 1 aromatic heterocycles. The molecule has 1 aromatic carbocycles. The molecule has 0 spiro atoms. The number of ether oxygens (including phenoxy) is 1. The first-order valence-electron chi connectivity index (χ1n) is 9.98. The number of nitrogens with zero attached hydrogens (tertiary/aromatic N) is 2. The second-order valence-electron chi connectivity index (χ2n) is 7.80. The van der Waals surface area contributed by atoms with Gasteiger partial charge in [-0.2, -0.15) is 0 Å². The van der Waals surface area contributed by atoms with Crippen molar-refractivity contribution in [2.45, 2.75) is 38.2 Å². The Morgan fingerprint density at radius 3 is 3.10 bits per heavy atom. The number of H-pyrrole nitrogens is 1. The lowest BCUT2D eigenvalue weighted by molar-refractivity contribution is 0.104. The molecular weight excluding hydrogens is 388 g/mol. The summed E-state index contributed by atoms with van der Waals surface area (Å²) in [7, 11) is 0. The summed E-state index contributed by atoms with van der Waals surface area (Å²) in [6, 6.07) is 7.94. The van der Waals surface area contributed by atoms with Crippen LogP contribution in [0, 0.1) is 6.92 Å². The molecule has 7 heteroatoms. The Morgan fingerprint density at radius 1 is 1.38 bits per heavy atom. The molecule has 3 aliphatic rings. The molecule has 1 saturated heterocycles. The van der Waals surface area contributed by atoms with Crippen LogP contribution >= 0.6 is 11.6 Å². The first-order chi connectivity index (χ1) is 14.1. The smallest absolute Gasteiger partial charge is 0.257 e. The minimum atomic E-state index is -0.244. The third-order valence-corrected chi connectivity index (χ3v) is 5.90. The van der Waals surface area contributed by atoms with E-state index in [1.807, 2.05) is 43.5 Å². The second kappa shape index (κ2) is 7.44. The molecule has 0 amide bonds. The van der Waals surface area contributed by atoms with Gasteiger partial charge in [-0.3, -0.25) is 15.1 Å². The fourth-order valence-electron chi connectivity index (χ4n) is 4.21. The molecule has 1 fully saturated rings. The van der Waals surface area contributed by atoms with E-state index in [-0.39, 0.29) is 24.0 Å². The van der Waals surface area contributed by atoms with Gasteiger partial charge in [-0.25, -0.2) is 0 Å². The minimum Gasteiger partial charge on any atom is -0.377 e. The molecule has 29 heavy (non-hydrogen) atoms. The van der Waals surface area contributed by atoms with E-state index in [9.17, 15) is 4.79 Å². The van der Waals surface area contributed by atoms with Gasteiger partial charge in [0.2, 0.25) is 0 Å². The molecule has 0 radical (unpaired) electrons. The normalized spacial score (nSPS) is 26.0. The number of aromatic nitrogens is 1. The standard InChI is InChI=1S/C22H23ClN4O2/c1-13-4-6-18-14(9-13)10-17(22(28)25-18)20-21(24-11-16-3-2-8-29-16)27-12-15(23)5-7-19(27)26-20/h4-7,9-10,12,16,19,21,24H,2-3,8,11H2,1H3,(H,25,28). The van der Waals surface area contributed by atoms with Crippen molar-refractivity contribution in [1.82, 2.24) is 15.2 Å². The van der Waals surface area contributed by atoms with E-state index in [4.69, 9.17) is 21.3 Å². The van der Waals surface area contributed by atoms with Crippen molar-refractivity contribution in [2.24, 2.45) is 4.99 Å². The van der Waals surface area contributed by atoms with E-state index in [2.05, 4.69) is 21.3 Å². The van der Waals surface area contributed by atoms with Gasteiger partial charge in [-0.15, -0.1) is 0 Å². The summed E-state index contributed by atoms with van der Waals surface area (Å²) in [5, 5.41) is 5.20. The van der Waals surface area contributed by atoms with E-state index in [1.165, 1.54) is 0 Å². The maximum atomic E-state index is 12.9. The number of rotatable bonds is 4.